The minimum absolute atomic E-state index is 0.109. The number of hydrogen-bond acceptors (Lipinski definition) is 6. The van der Waals surface area contributed by atoms with Gasteiger partial charge in [-0.1, -0.05) is 97.1 Å². The van der Waals surface area contributed by atoms with Crippen LogP contribution in [0.2, 0.25) is 0 Å². The molecule has 52 heavy (non-hydrogen) atoms. The number of nitrogens with one attached hydrogen (secondary N) is 1. The predicted octanol–water partition coefficient (Wildman–Crippen LogP) is 8.58. The van der Waals surface area contributed by atoms with Gasteiger partial charge in [0, 0.05) is 28.7 Å². The number of rotatable bonds is 7. The number of nitriles is 2. The number of aliphatic imine (C=N–C) groups is 1. The summed E-state index contributed by atoms with van der Waals surface area (Å²) in [7, 11) is 0. The van der Waals surface area contributed by atoms with Crippen molar-refractivity contribution in [2.45, 2.75) is 24.8 Å². The maximum Gasteiger partial charge on any atom is 0.135 e. The Morgan fingerprint density at radius 2 is 1.62 bits per heavy atom. The lowest BCUT2D eigenvalue weighted by Crippen LogP contribution is -2.26. The van der Waals surface area contributed by atoms with Gasteiger partial charge >= 0.3 is 0 Å². The first-order valence-electron chi connectivity index (χ1n) is 17.4. The van der Waals surface area contributed by atoms with E-state index in [1.165, 1.54) is 45.1 Å². The van der Waals surface area contributed by atoms with E-state index in [4.69, 9.17) is 16.7 Å². The highest BCUT2D eigenvalue weighted by molar-refractivity contribution is 6.09. The zero-order valence-electron chi connectivity index (χ0n) is 28.8. The fraction of sp³-hybridized carbons (Fsp3) is 0.109. The summed E-state index contributed by atoms with van der Waals surface area (Å²) >= 11 is 0. The molecule has 0 saturated carbocycles. The van der Waals surface area contributed by atoms with Crippen molar-refractivity contribution >= 4 is 11.4 Å². The number of nitrogens with zero attached hydrogens (tertiary/aromatic N) is 3. The lowest BCUT2D eigenvalue weighted by Gasteiger charge is -2.31. The molecule has 1 unspecified atom stereocenters. The van der Waals surface area contributed by atoms with E-state index in [0.717, 1.165) is 40.0 Å². The van der Waals surface area contributed by atoms with Crippen LogP contribution >= 0.6 is 0 Å². The lowest BCUT2D eigenvalue weighted by molar-refractivity contribution is 0.712. The Labute approximate surface area is 304 Å². The van der Waals surface area contributed by atoms with Crippen LogP contribution in [-0.4, -0.2) is 12.3 Å². The molecule has 1 atom stereocenters. The second-order valence-electron chi connectivity index (χ2n) is 13.4. The van der Waals surface area contributed by atoms with Crippen LogP contribution < -0.4 is 16.8 Å². The van der Waals surface area contributed by atoms with Gasteiger partial charge in [-0.15, -0.1) is 0 Å². The first kappa shape index (κ1) is 32.3. The molecule has 0 amide bonds. The van der Waals surface area contributed by atoms with E-state index in [2.05, 4.69) is 120 Å². The number of nitrogens with two attached hydrogens (primary N) is 2. The number of benzene rings is 4. The maximum absolute atomic E-state index is 9.38. The molecule has 2 heterocycles. The van der Waals surface area contributed by atoms with Crippen molar-refractivity contribution in [3.63, 3.8) is 0 Å². The van der Waals surface area contributed by atoms with E-state index in [0.29, 0.717) is 23.5 Å². The normalized spacial score (nSPS) is 18.1. The fourth-order valence-electron chi connectivity index (χ4n) is 8.07. The highest BCUT2D eigenvalue weighted by atomic mass is 14.9. The molecule has 0 aromatic heterocycles. The first-order valence-corrected chi connectivity index (χ1v) is 17.4. The summed E-state index contributed by atoms with van der Waals surface area (Å²) in [5, 5.41) is 22.1. The molecule has 6 nitrogen and oxygen atoms in total. The third-order valence-corrected chi connectivity index (χ3v) is 10.4. The Morgan fingerprint density at radius 3 is 2.31 bits per heavy atom. The molecule has 2 aliphatic carbocycles. The van der Waals surface area contributed by atoms with Crippen LogP contribution in [0.3, 0.4) is 0 Å². The van der Waals surface area contributed by atoms with Gasteiger partial charge in [0.05, 0.1) is 24.1 Å². The molecule has 0 radical (unpaired) electrons. The second-order valence-corrected chi connectivity index (χ2v) is 13.4. The van der Waals surface area contributed by atoms with Gasteiger partial charge < -0.3 is 16.8 Å². The number of dihydropyridines is 1. The van der Waals surface area contributed by atoms with Crippen molar-refractivity contribution in [2.24, 2.45) is 16.5 Å². The number of fused-ring (bicyclic) bond motifs is 10. The summed E-state index contributed by atoms with van der Waals surface area (Å²) in [5.74, 6) is 0. The van der Waals surface area contributed by atoms with Gasteiger partial charge in [-0.3, -0.25) is 4.99 Å². The van der Waals surface area contributed by atoms with Crippen LogP contribution in [0.15, 0.2) is 167 Å². The highest BCUT2D eigenvalue weighted by Gasteiger charge is 2.51. The van der Waals surface area contributed by atoms with Gasteiger partial charge in [-0.2, -0.15) is 10.5 Å². The molecular weight excluding hydrogens is 637 g/mol. The van der Waals surface area contributed by atoms with Crippen LogP contribution in [0.5, 0.6) is 0 Å². The Kier molecular flexibility index (Phi) is 8.14. The predicted molar refractivity (Wildman–Crippen MR) is 209 cm³/mol. The lowest BCUT2D eigenvalue weighted by atomic mass is 9.70. The average Bonchev–Trinajstić information content (AvgIpc) is 3.87. The molecule has 0 fully saturated rings. The third kappa shape index (κ3) is 5.21. The zero-order valence-corrected chi connectivity index (χ0v) is 28.8. The van der Waals surface area contributed by atoms with Gasteiger partial charge in [0.15, 0.2) is 0 Å². The van der Waals surface area contributed by atoms with Crippen LogP contribution in [0.1, 0.15) is 52.8 Å². The molecule has 8 rings (SSSR count). The molecule has 4 aliphatic rings. The van der Waals surface area contributed by atoms with E-state index in [-0.39, 0.29) is 6.04 Å². The molecule has 0 saturated heterocycles. The number of hydrogen-bond donors (Lipinski definition) is 3. The van der Waals surface area contributed by atoms with Crippen molar-refractivity contribution in [3.05, 3.63) is 196 Å². The third-order valence-electron chi connectivity index (χ3n) is 10.4. The number of allylic oxidation sites excluding steroid dienone is 8. The van der Waals surface area contributed by atoms with E-state index in [1.807, 2.05) is 30.4 Å². The van der Waals surface area contributed by atoms with Crippen molar-refractivity contribution in [3.8, 4) is 34.4 Å². The summed E-state index contributed by atoms with van der Waals surface area (Å²) in [6.07, 6.45) is 18.1. The van der Waals surface area contributed by atoms with Gasteiger partial charge in [-0.05, 0) is 111 Å². The first-order chi connectivity index (χ1) is 25.5. The van der Waals surface area contributed by atoms with Gasteiger partial charge in [0.2, 0.25) is 0 Å². The van der Waals surface area contributed by atoms with E-state index < -0.39 is 5.41 Å². The van der Waals surface area contributed by atoms with Crippen LogP contribution in [0.25, 0.3) is 28.0 Å². The molecule has 4 aromatic carbocycles. The van der Waals surface area contributed by atoms with Crippen LogP contribution in [0, 0.1) is 22.7 Å². The molecule has 0 bridgehead atoms. The summed E-state index contributed by atoms with van der Waals surface area (Å²) < 4.78 is 0. The topological polar surface area (TPSA) is 124 Å². The van der Waals surface area contributed by atoms with E-state index >= 15 is 0 Å². The van der Waals surface area contributed by atoms with E-state index in [1.54, 1.807) is 13.0 Å². The molecule has 250 valence electrons. The molecule has 1 spiro atoms. The summed E-state index contributed by atoms with van der Waals surface area (Å²) in [4.78, 5) is 4.23. The van der Waals surface area contributed by atoms with Crippen molar-refractivity contribution in [1.29, 1.82) is 10.5 Å². The highest BCUT2D eigenvalue weighted by Crippen LogP contribution is 2.63. The summed E-state index contributed by atoms with van der Waals surface area (Å²) in [6, 6.07) is 35.2. The summed E-state index contributed by atoms with van der Waals surface area (Å²) in [6.45, 7) is 2.34. The van der Waals surface area contributed by atoms with Gasteiger partial charge in [0.1, 0.15) is 11.8 Å². The monoisotopic (exact) mass is 672 g/mol. The maximum atomic E-state index is 9.38. The molecule has 6 heteroatoms. The molecule has 5 N–H and O–H groups in total. The smallest absolute Gasteiger partial charge is 0.135 e. The van der Waals surface area contributed by atoms with E-state index in [9.17, 15) is 5.26 Å². The zero-order chi connectivity index (χ0) is 35.8. The Morgan fingerprint density at radius 1 is 0.923 bits per heavy atom. The van der Waals surface area contributed by atoms with Gasteiger partial charge in [-0.25, -0.2) is 0 Å². The SMILES string of the molecule is C/C(C#N)=C\C(=C/N)C1=CC=CC(c2ccc3c(c2)-c2cc(/C(N)=C/C=C\CC4=CC(C#N)=NC4)ccc2C32c3ccccc3-c3ccccc32)N1. The van der Waals surface area contributed by atoms with Crippen molar-refractivity contribution in [2.75, 3.05) is 6.54 Å². The fourth-order valence-corrected chi connectivity index (χ4v) is 8.07. The standard InChI is InChI=1S/C46H36N6/c1-29(25-47)21-33(26-48)45-16-8-15-44(52-45)32-18-20-42-38(24-32)37-23-31(43(50)14-7-2-9-30-22-34(27-49)51-28-30)17-19-41(37)46(42)39-12-5-3-10-35(39)36-11-4-6-13-40(36)46/h2-8,10-24,26,44,52H,9,28,48,50H2,1H3/b7-2-,29-21+,33-26+,43-14-. The molecular formula is C46H36N6. The van der Waals surface area contributed by atoms with Crippen LogP contribution in [-0.2, 0) is 5.41 Å². The van der Waals surface area contributed by atoms with Crippen molar-refractivity contribution < 1.29 is 0 Å². The Balaban J connectivity index is 1.22. The largest absolute Gasteiger partial charge is 0.404 e. The minimum Gasteiger partial charge on any atom is -0.404 e. The van der Waals surface area contributed by atoms with Crippen molar-refractivity contribution in [1.82, 2.24) is 5.32 Å². The Bertz CT molecular complexity index is 2460. The minimum atomic E-state index is -0.470. The average molecular weight is 673 g/mol. The molecule has 4 aromatic rings. The molecule has 2 aliphatic heterocycles. The van der Waals surface area contributed by atoms with Crippen LogP contribution in [0.4, 0.5) is 0 Å². The summed E-state index contributed by atoms with van der Waals surface area (Å²) in [5.41, 5.74) is 28.7. The van der Waals surface area contributed by atoms with Gasteiger partial charge in [0.25, 0.3) is 0 Å². The Hall–Kier alpha value is -6.89. The second kappa shape index (κ2) is 13.1. The quantitative estimate of drug-likeness (QED) is 0.116.